The maximum absolute atomic E-state index is 12.9. The van der Waals surface area contributed by atoms with Gasteiger partial charge in [0.05, 0.1) is 29.1 Å². The minimum Gasteiger partial charge on any atom is -0.444 e. The first-order valence-electron chi connectivity index (χ1n) is 11.8. The number of hydrogen-bond acceptors (Lipinski definition) is 6. The standard InChI is InChI=1S/C25H36BN3O4S/c1-23(2,3)31-22(30)29-15-18(34-8)13-20(29)21-27-14-19(28-21)16-9-11-17(12-10-16)26-32-24(4,5)25(6,7)33-26/h9-12,14,18,20H,13,15H2,1-8H3,(H,27,28). The van der Waals surface area contributed by atoms with Gasteiger partial charge in [0, 0.05) is 11.8 Å². The average Bonchev–Trinajstić information content (AvgIpc) is 3.43. The molecular formula is C25H36BN3O4S. The first-order chi connectivity index (χ1) is 15.8. The van der Waals surface area contributed by atoms with Crippen LogP contribution in [0.25, 0.3) is 11.3 Å². The summed E-state index contributed by atoms with van der Waals surface area (Å²) in [6.07, 6.45) is 4.46. The second kappa shape index (κ2) is 8.92. The highest BCUT2D eigenvalue weighted by molar-refractivity contribution is 7.99. The fraction of sp³-hybridized carbons (Fsp3) is 0.600. The van der Waals surface area contributed by atoms with E-state index in [0.717, 1.165) is 29.0 Å². The molecule has 0 bridgehead atoms. The van der Waals surface area contributed by atoms with Crippen LogP contribution in [0.2, 0.25) is 0 Å². The summed E-state index contributed by atoms with van der Waals surface area (Å²) >= 11 is 1.77. The number of benzene rings is 1. The van der Waals surface area contributed by atoms with Gasteiger partial charge in [-0.1, -0.05) is 24.3 Å². The number of likely N-dealkylation sites (tertiary alicyclic amines) is 1. The number of ether oxygens (including phenoxy) is 1. The van der Waals surface area contributed by atoms with Gasteiger partial charge in [-0.25, -0.2) is 9.78 Å². The van der Waals surface area contributed by atoms with Crippen LogP contribution in [0.15, 0.2) is 30.5 Å². The van der Waals surface area contributed by atoms with Gasteiger partial charge in [0.1, 0.15) is 11.4 Å². The van der Waals surface area contributed by atoms with Crippen molar-refractivity contribution in [3.63, 3.8) is 0 Å². The number of carbonyl (C=O) groups is 1. The van der Waals surface area contributed by atoms with E-state index in [-0.39, 0.29) is 30.5 Å². The van der Waals surface area contributed by atoms with E-state index in [1.54, 1.807) is 16.7 Å². The molecule has 9 heteroatoms. The molecule has 2 aliphatic heterocycles. The zero-order valence-corrected chi connectivity index (χ0v) is 22.3. The van der Waals surface area contributed by atoms with Crippen LogP contribution in [-0.4, -0.2) is 62.9 Å². The van der Waals surface area contributed by atoms with E-state index in [4.69, 9.17) is 14.0 Å². The molecule has 1 aromatic carbocycles. The second-order valence-corrected chi connectivity index (χ2v) is 12.3. The highest BCUT2D eigenvalue weighted by Crippen LogP contribution is 2.38. The maximum atomic E-state index is 12.9. The molecule has 7 nitrogen and oxygen atoms in total. The molecule has 1 aromatic heterocycles. The number of rotatable bonds is 4. The average molecular weight is 485 g/mol. The van der Waals surface area contributed by atoms with E-state index in [2.05, 4.69) is 43.9 Å². The lowest BCUT2D eigenvalue weighted by atomic mass is 9.79. The largest absolute Gasteiger partial charge is 0.494 e. The van der Waals surface area contributed by atoms with Crippen LogP contribution in [0.1, 0.15) is 66.8 Å². The van der Waals surface area contributed by atoms with Gasteiger partial charge in [-0.3, -0.25) is 4.90 Å². The number of nitrogens with zero attached hydrogens (tertiary/aromatic N) is 2. The van der Waals surface area contributed by atoms with E-state index in [1.165, 1.54) is 0 Å². The highest BCUT2D eigenvalue weighted by Gasteiger charge is 2.51. The van der Waals surface area contributed by atoms with Gasteiger partial charge in [0.25, 0.3) is 0 Å². The lowest BCUT2D eigenvalue weighted by molar-refractivity contribution is 0.00578. The number of aromatic nitrogens is 2. The van der Waals surface area contributed by atoms with Gasteiger partial charge in [-0.05, 0) is 72.2 Å². The SMILES string of the molecule is CSC1CC(c2ncc(-c3ccc(B4OC(C)(C)C(C)(C)O4)cc3)[nH]2)N(C(=O)OC(C)(C)C)C1. The molecule has 2 fully saturated rings. The summed E-state index contributed by atoms with van der Waals surface area (Å²) in [5.41, 5.74) is 1.63. The molecule has 2 atom stereocenters. The third-order valence-electron chi connectivity index (χ3n) is 6.88. The van der Waals surface area contributed by atoms with Crippen LogP contribution < -0.4 is 5.46 Å². The van der Waals surface area contributed by atoms with E-state index in [1.807, 2.05) is 51.2 Å². The second-order valence-electron chi connectivity index (χ2n) is 11.1. The topological polar surface area (TPSA) is 76.7 Å². The summed E-state index contributed by atoms with van der Waals surface area (Å²) in [7, 11) is -0.388. The fourth-order valence-electron chi connectivity index (χ4n) is 4.20. The Morgan fingerprint density at radius 3 is 2.35 bits per heavy atom. The minimum atomic E-state index is -0.535. The molecule has 2 saturated heterocycles. The summed E-state index contributed by atoms with van der Waals surface area (Å²) in [5.74, 6) is 0.785. The molecule has 2 aromatic rings. The van der Waals surface area contributed by atoms with Crippen LogP contribution >= 0.6 is 11.8 Å². The van der Waals surface area contributed by atoms with E-state index in [0.29, 0.717) is 11.8 Å². The summed E-state index contributed by atoms with van der Waals surface area (Å²) in [5, 5.41) is 0.352. The first-order valence-corrected chi connectivity index (χ1v) is 13.1. The lowest BCUT2D eigenvalue weighted by Gasteiger charge is -2.32. The fourth-order valence-corrected chi connectivity index (χ4v) is 4.89. The zero-order chi connectivity index (χ0) is 24.9. The Morgan fingerprint density at radius 1 is 1.18 bits per heavy atom. The van der Waals surface area contributed by atoms with Crippen LogP contribution in [0.4, 0.5) is 4.79 Å². The van der Waals surface area contributed by atoms with Crippen molar-refractivity contribution in [2.75, 3.05) is 12.8 Å². The maximum Gasteiger partial charge on any atom is 0.494 e. The van der Waals surface area contributed by atoms with Gasteiger partial charge in [-0.2, -0.15) is 11.8 Å². The minimum absolute atomic E-state index is 0.134. The van der Waals surface area contributed by atoms with Gasteiger partial charge < -0.3 is 19.0 Å². The molecule has 0 saturated carbocycles. The Balaban J connectivity index is 1.51. The Kier molecular flexibility index (Phi) is 6.59. The van der Waals surface area contributed by atoms with Crippen molar-refractivity contribution >= 4 is 30.4 Å². The normalized spacial score (nSPS) is 24.0. The van der Waals surface area contributed by atoms with Gasteiger partial charge in [0.2, 0.25) is 0 Å². The van der Waals surface area contributed by atoms with Crippen molar-refractivity contribution in [2.45, 2.75) is 83.0 Å². The Labute approximate surface area is 207 Å². The molecular weight excluding hydrogens is 449 g/mol. The predicted molar refractivity (Wildman–Crippen MR) is 137 cm³/mol. The molecule has 1 amide bonds. The molecule has 34 heavy (non-hydrogen) atoms. The van der Waals surface area contributed by atoms with Crippen molar-refractivity contribution in [1.29, 1.82) is 0 Å². The van der Waals surface area contributed by atoms with Crippen molar-refractivity contribution < 1.29 is 18.8 Å². The van der Waals surface area contributed by atoms with Crippen LogP contribution in [0.5, 0.6) is 0 Å². The Morgan fingerprint density at radius 2 is 1.79 bits per heavy atom. The number of amides is 1. The molecule has 2 unspecified atom stereocenters. The molecule has 0 radical (unpaired) electrons. The van der Waals surface area contributed by atoms with Crippen molar-refractivity contribution in [1.82, 2.24) is 14.9 Å². The van der Waals surface area contributed by atoms with Crippen molar-refractivity contribution in [2.24, 2.45) is 0 Å². The number of H-pyrrole nitrogens is 1. The number of aromatic amines is 1. The number of imidazole rings is 1. The lowest BCUT2D eigenvalue weighted by Crippen LogP contribution is -2.41. The Hall–Kier alpha value is -1.97. The van der Waals surface area contributed by atoms with Gasteiger partial charge >= 0.3 is 13.2 Å². The summed E-state index contributed by atoms with van der Waals surface area (Å²) in [6.45, 7) is 14.5. The number of hydrogen-bond donors (Lipinski definition) is 1. The van der Waals surface area contributed by atoms with E-state index >= 15 is 0 Å². The molecule has 1 N–H and O–H groups in total. The van der Waals surface area contributed by atoms with Crippen LogP contribution in [0.3, 0.4) is 0 Å². The Bertz CT molecular complexity index is 1020. The summed E-state index contributed by atoms with van der Waals surface area (Å²) < 4.78 is 18.0. The number of carbonyl (C=O) groups excluding carboxylic acids is 1. The molecule has 184 valence electrons. The van der Waals surface area contributed by atoms with E-state index < -0.39 is 5.60 Å². The van der Waals surface area contributed by atoms with Crippen LogP contribution in [0, 0.1) is 0 Å². The first kappa shape index (κ1) is 25.1. The molecule has 4 rings (SSSR count). The monoisotopic (exact) mass is 485 g/mol. The van der Waals surface area contributed by atoms with Crippen molar-refractivity contribution in [3.05, 3.63) is 36.3 Å². The quantitative estimate of drug-likeness (QED) is 0.628. The third-order valence-corrected chi connectivity index (χ3v) is 7.89. The van der Waals surface area contributed by atoms with Crippen molar-refractivity contribution in [3.8, 4) is 11.3 Å². The number of thioether (sulfide) groups is 1. The zero-order valence-electron chi connectivity index (χ0n) is 21.5. The summed E-state index contributed by atoms with van der Waals surface area (Å²) in [6, 6.07) is 8.02. The summed E-state index contributed by atoms with van der Waals surface area (Å²) in [4.78, 5) is 22.8. The van der Waals surface area contributed by atoms with Crippen LogP contribution in [-0.2, 0) is 14.0 Å². The smallest absolute Gasteiger partial charge is 0.444 e. The molecule has 0 aliphatic carbocycles. The highest BCUT2D eigenvalue weighted by atomic mass is 32.2. The molecule has 2 aliphatic rings. The molecule has 0 spiro atoms. The van der Waals surface area contributed by atoms with E-state index in [9.17, 15) is 4.79 Å². The van der Waals surface area contributed by atoms with Gasteiger partial charge in [-0.15, -0.1) is 0 Å². The predicted octanol–water partition coefficient (Wildman–Crippen LogP) is 4.79. The molecule has 3 heterocycles. The third kappa shape index (κ3) is 5.02. The number of nitrogens with one attached hydrogen (secondary N) is 1. The van der Waals surface area contributed by atoms with Gasteiger partial charge in [0.15, 0.2) is 0 Å².